The Labute approximate surface area is 115 Å². The number of hydrogen-bond acceptors (Lipinski definition) is 3. The summed E-state index contributed by atoms with van der Waals surface area (Å²) in [6.07, 6.45) is 0.804. The van der Waals surface area contributed by atoms with Gasteiger partial charge in [0.1, 0.15) is 5.75 Å². The number of ether oxygens (including phenoxy) is 1. The summed E-state index contributed by atoms with van der Waals surface area (Å²) in [5, 5.41) is 4.93. The second-order valence-corrected chi connectivity index (χ2v) is 3.99. The first-order valence-electron chi connectivity index (χ1n) is 6.14. The minimum atomic E-state index is -1.05. The zero-order valence-corrected chi connectivity index (χ0v) is 11.0. The number of carbonyl (C=O) groups excluding carboxylic acids is 2. The van der Waals surface area contributed by atoms with Gasteiger partial charge in [0.2, 0.25) is 5.91 Å². The van der Waals surface area contributed by atoms with Gasteiger partial charge in [-0.1, -0.05) is 6.92 Å². The second-order valence-electron chi connectivity index (χ2n) is 3.99. The normalized spacial score (nSPS) is 9.95. The van der Waals surface area contributed by atoms with Gasteiger partial charge in [-0.05, 0) is 18.6 Å². The van der Waals surface area contributed by atoms with E-state index in [-0.39, 0.29) is 24.8 Å². The van der Waals surface area contributed by atoms with E-state index < -0.39 is 17.5 Å². The van der Waals surface area contributed by atoms with Gasteiger partial charge in [-0.15, -0.1) is 0 Å². The highest BCUT2D eigenvalue weighted by molar-refractivity contribution is 5.85. The molecule has 0 spiro atoms. The molecule has 0 saturated carbocycles. The van der Waals surface area contributed by atoms with E-state index in [2.05, 4.69) is 10.6 Å². The number of halogens is 2. The highest BCUT2D eigenvalue weighted by Crippen LogP contribution is 2.14. The SMILES string of the molecule is CCCNC(=O)CNC(=O)COc1ccc(F)c(F)c1. The monoisotopic (exact) mass is 286 g/mol. The van der Waals surface area contributed by atoms with Gasteiger partial charge in [-0.3, -0.25) is 9.59 Å². The maximum absolute atomic E-state index is 12.9. The molecule has 2 N–H and O–H groups in total. The zero-order chi connectivity index (χ0) is 15.0. The van der Waals surface area contributed by atoms with Gasteiger partial charge in [0.15, 0.2) is 18.2 Å². The van der Waals surface area contributed by atoms with Crippen molar-refractivity contribution in [1.29, 1.82) is 0 Å². The minimum absolute atomic E-state index is 0.0366. The minimum Gasteiger partial charge on any atom is -0.484 e. The fourth-order valence-electron chi connectivity index (χ4n) is 1.27. The summed E-state index contributed by atoms with van der Waals surface area (Å²) < 4.78 is 30.5. The molecule has 5 nitrogen and oxygen atoms in total. The molecular formula is C13H16F2N2O3. The maximum Gasteiger partial charge on any atom is 0.258 e. The van der Waals surface area contributed by atoms with Crippen LogP contribution < -0.4 is 15.4 Å². The fraction of sp³-hybridized carbons (Fsp3) is 0.385. The van der Waals surface area contributed by atoms with Gasteiger partial charge in [0.05, 0.1) is 6.54 Å². The second kappa shape index (κ2) is 8.08. The predicted molar refractivity (Wildman–Crippen MR) is 68.2 cm³/mol. The zero-order valence-electron chi connectivity index (χ0n) is 11.0. The van der Waals surface area contributed by atoms with Crippen molar-refractivity contribution in [2.45, 2.75) is 13.3 Å². The molecule has 2 amide bonds. The number of benzene rings is 1. The molecule has 0 unspecified atom stereocenters. The molecule has 0 radical (unpaired) electrons. The van der Waals surface area contributed by atoms with Crippen LogP contribution in [0.3, 0.4) is 0 Å². The Kier molecular flexibility index (Phi) is 6.42. The van der Waals surface area contributed by atoms with Crippen LogP contribution in [0.15, 0.2) is 18.2 Å². The van der Waals surface area contributed by atoms with Crippen LogP contribution in [0.1, 0.15) is 13.3 Å². The van der Waals surface area contributed by atoms with E-state index in [4.69, 9.17) is 4.74 Å². The Balaban J connectivity index is 2.29. The van der Waals surface area contributed by atoms with E-state index in [1.165, 1.54) is 6.07 Å². The van der Waals surface area contributed by atoms with Crippen molar-refractivity contribution in [3.63, 3.8) is 0 Å². The molecule has 1 aromatic carbocycles. The number of hydrogen-bond donors (Lipinski definition) is 2. The molecule has 0 aliphatic rings. The first-order valence-corrected chi connectivity index (χ1v) is 6.14. The van der Waals surface area contributed by atoms with Gasteiger partial charge in [0, 0.05) is 12.6 Å². The molecule has 1 rings (SSSR count). The average molecular weight is 286 g/mol. The number of amides is 2. The summed E-state index contributed by atoms with van der Waals surface area (Å²) >= 11 is 0. The number of carbonyl (C=O) groups is 2. The molecular weight excluding hydrogens is 270 g/mol. The molecule has 110 valence electrons. The lowest BCUT2D eigenvalue weighted by atomic mass is 10.3. The maximum atomic E-state index is 12.9. The van der Waals surface area contributed by atoms with Crippen molar-refractivity contribution < 1.29 is 23.1 Å². The molecule has 0 aliphatic heterocycles. The Morgan fingerprint density at radius 3 is 2.55 bits per heavy atom. The Hall–Kier alpha value is -2.18. The molecule has 7 heteroatoms. The third-order valence-electron chi connectivity index (χ3n) is 2.28. The van der Waals surface area contributed by atoms with E-state index in [1.54, 1.807) is 0 Å². The number of rotatable bonds is 7. The van der Waals surface area contributed by atoms with Gasteiger partial charge < -0.3 is 15.4 Å². The summed E-state index contributed by atoms with van der Waals surface area (Å²) in [5.74, 6) is -2.83. The van der Waals surface area contributed by atoms with Crippen LogP contribution in [0, 0.1) is 11.6 Å². The summed E-state index contributed by atoms with van der Waals surface area (Å²) in [5.41, 5.74) is 0. The quantitative estimate of drug-likeness (QED) is 0.785. The molecule has 0 fully saturated rings. The Morgan fingerprint density at radius 2 is 1.90 bits per heavy atom. The van der Waals surface area contributed by atoms with Crippen molar-refractivity contribution in [2.24, 2.45) is 0 Å². The van der Waals surface area contributed by atoms with E-state index in [9.17, 15) is 18.4 Å². The van der Waals surface area contributed by atoms with Gasteiger partial charge in [-0.25, -0.2) is 8.78 Å². The van der Waals surface area contributed by atoms with Crippen molar-refractivity contribution in [3.8, 4) is 5.75 Å². The number of nitrogens with one attached hydrogen (secondary N) is 2. The van der Waals surface area contributed by atoms with Crippen molar-refractivity contribution in [1.82, 2.24) is 10.6 Å². The lowest BCUT2D eigenvalue weighted by molar-refractivity contribution is -0.127. The average Bonchev–Trinajstić information content (AvgIpc) is 2.44. The summed E-state index contributed by atoms with van der Waals surface area (Å²) in [6, 6.07) is 2.96. The van der Waals surface area contributed by atoms with Crippen LogP contribution in [0.4, 0.5) is 8.78 Å². The van der Waals surface area contributed by atoms with Crippen molar-refractivity contribution in [3.05, 3.63) is 29.8 Å². The topological polar surface area (TPSA) is 67.4 Å². The van der Waals surface area contributed by atoms with Gasteiger partial charge in [0.25, 0.3) is 5.91 Å². The first-order chi connectivity index (χ1) is 9.52. The van der Waals surface area contributed by atoms with Crippen molar-refractivity contribution in [2.75, 3.05) is 19.7 Å². The smallest absolute Gasteiger partial charge is 0.258 e. The molecule has 0 saturated heterocycles. The lowest BCUT2D eigenvalue weighted by Gasteiger charge is -2.08. The largest absolute Gasteiger partial charge is 0.484 e. The molecule has 0 bridgehead atoms. The molecule has 0 aromatic heterocycles. The van der Waals surface area contributed by atoms with Gasteiger partial charge >= 0.3 is 0 Å². The third kappa shape index (κ3) is 5.64. The highest BCUT2D eigenvalue weighted by atomic mass is 19.2. The lowest BCUT2D eigenvalue weighted by Crippen LogP contribution is -2.39. The van der Waals surface area contributed by atoms with Crippen LogP contribution in [-0.2, 0) is 9.59 Å². The van der Waals surface area contributed by atoms with E-state index in [0.29, 0.717) is 6.54 Å². The van der Waals surface area contributed by atoms with E-state index >= 15 is 0 Å². The molecule has 0 heterocycles. The summed E-state index contributed by atoms with van der Waals surface area (Å²) in [6.45, 7) is 1.92. The van der Waals surface area contributed by atoms with Crippen LogP contribution in [0.25, 0.3) is 0 Å². The Morgan fingerprint density at radius 1 is 1.15 bits per heavy atom. The summed E-state index contributed by atoms with van der Waals surface area (Å²) in [7, 11) is 0. The van der Waals surface area contributed by atoms with Crippen molar-refractivity contribution >= 4 is 11.8 Å². The van der Waals surface area contributed by atoms with Crippen LogP contribution in [0.2, 0.25) is 0 Å². The molecule has 20 heavy (non-hydrogen) atoms. The summed E-state index contributed by atoms with van der Waals surface area (Å²) in [4.78, 5) is 22.6. The molecule has 1 aromatic rings. The molecule has 0 aliphatic carbocycles. The van der Waals surface area contributed by atoms with E-state index in [0.717, 1.165) is 18.6 Å². The standard InChI is InChI=1S/C13H16F2N2O3/c1-2-5-16-12(18)7-17-13(19)8-20-9-3-4-10(14)11(15)6-9/h3-4,6H,2,5,7-8H2,1H3,(H,16,18)(H,17,19). The van der Waals surface area contributed by atoms with E-state index in [1.807, 2.05) is 6.92 Å². The Bertz CT molecular complexity index is 481. The fourth-order valence-corrected chi connectivity index (χ4v) is 1.27. The van der Waals surface area contributed by atoms with Gasteiger partial charge in [-0.2, -0.15) is 0 Å². The van der Waals surface area contributed by atoms with Crippen LogP contribution in [0.5, 0.6) is 5.75 Å². The van der Waals surface area contributed by atoms with Crippen LogP contribution >= 0.6 is 0 Å². The first kappa shape index (κ1) is 15.9. The van der Waals surface area contributed by atoms with Crippen LogP contribution in [-0.4, -0.2) is 31.5 Å². The highest BCUT2D eigenvalue weighted by Gasteiger charge is 2.07. The predicted octanol–water partition coefficient (Wildman–Crippen LogP) is 0.986. The molecule has 0 atom stereocenters. The third-order valence-corrected chi connectivity index (χ3v) is 2.28.